The molecule has 31 heavy (non-hydrogen) atoms. The first-order valence-corrected chi connectivity index (χ1v) is 11.2. The average Bonchev–Trinajstić information content (AvgIpc) is 3.21. The predicted molar refractivity (Wildman–Crippen MR) is 119 cm³/mol. The van der Waals surface area contributed by atoms with E-state index in [-0.39, 0.29) is 10.5 Å². The summed E-state index contributed by atoms with van der Waals surface area (Å²) in [4.78, 5) is 12.6. The van der Waals surface area contributed by atoms with Gasteiger partial charge in [0, 0.05) is 16.8 Å². The van der Waals surface area contributed by atoms with E-state index < -0.39 is 15.9 Å². The van der Waals surface area contributed by atoms with Crippen LogP contribution in [0.1, 0.15) is 27.9 Å². The summed E-state index contributed by atoms with van der Waals surface area (Å²) in [6.45, 7) is 0. The number of sulfonamides is 1. The van der Waals surface area contributed by atoms with E-state index in [2.05, 4.69) is 15.2 Å². The fourth-order valence-electron chi connectivity index (χ4n) is 3.38. The molecule has 8 heteroatoms. The summed E-state index contributed by atoms with van der Waals surface area (Å²) in [5.74, 6) is 0.145. The van der Waals surface area contributed by atoms with Gasteiger partial charge in [0.25, 0.3) is 15.9 Å². The molecule has 0 spiro atoms. The Balaban J connectivity index is 1.49. The SMILES string of the molecule is COc1ccc(NS(=O)(=O)c2cccc(C(=O)N/N=C3\CCc4ccccc43)c2)cc1. The maximum absolute atomic E-state index is 12.7. The van der Waals surface area contributed by atoms with Gasteiger partial charge in [-0.25, -0.2) is 13.8 Å². The van der Waals surface area contributed by atoms with Crippen molar-refractivity contribution in [1.82, 2.24) is 5.43 Å². The summed E-state index contributed by atoms with van der Waals surface area (Å²) < 4.78 is 33.0. The van der Waals surface area contributed by atoms with Crippen LogP contribution in [-0.4, -0.2) is 27.1 Å². The molecule has 3 aromatic carbocycles. The largest absolute Gasteiger partial charge is 0.497 e. The number of benzene rings is 3. The molecule has 0 radical (unpaired) electrons. The number of carbonyl (C=O) groups excluding carboxylic acids is 1. The molecule has 0 unspecified atom stereocenters. The number of fused-ring (bicyclic) bond motifs is 1. The second kappa shape index (κ2) is 8.61. The van der Waals surface area contributed by atoms with Gasteiger partial charge in [-0.15, -0.1) is 0 Å². The molecule has 4 rings (SSSR count). The molecule has 0 fully saturated rings. The molecule has 158 valence electrons. The minimum Gasteiger partial charge on any atom is -0.497 e. The van der Waals surface area contributed by atoms with Crippen molar-refractivity contribution in [3.05, 3.63) is 89.5 Å². The number of hydrogen-bond donors (Lipinski definition) is 2. The topological polar surface area (TPSA) is 96.9 Å². The predicted octanol–water partition coefficient (Wildman–Crippen LogP) is 3.58. The number of aryl methyl sites for hydroxylation is 1. The van der Waals surface area contributed by atoms with Crippen LogP contribution in [0.25, 0.3) is 0 Å². The molecule has 0 heterocycles. The molecular weight excluding hydrogens is 414 g/mol. The lowest BCUT2D eigenvalue weighted by Crippen LogP contribution is -2.20. The standard InChI is InChI=1S/C23H21N3O4S/c1-30-19-12-10-18(11-13-19)26-31(28,29)20-7-4-6-17(15-20)23(27)25-24-22-14-9-16-5-2-3-8-21(16)22/h2-8,10-13,15,26H,9,14H2,1H3,(H,25,27)/b24-22+. The summed E-state index contributed by atoms with van der Waals surface area (Å²) >= 11 is 0. The lowest BCUT2D eigenvalue weighted by Gasteiger charge is -2.10. The Bertz CT molecular complexity index is 1250. The lowest BCUT2D eigenvalue weighted by atomic mass is 10.1. The van der Waals surface area contributed by atoms with E-state index in [9.17, 15) is 13.2 Å². The number of rotatable bonds is 6. The highest BCUT2D eigenvalue weighted by Gasteiger charge is 2.19. The average molecular weight is 436 g/mol. The van der Waals surface area contributed by atoms with Crippen molar-refractivity contribution in [3.8, 4) is 5.75 Å². The number of nitrogens with one attached hydrogen (secondary N) is 2. The first kappa shape index (κ1) is 20.6. The molecule has 1 amide bonds. The zero-order valence-corrected chi connectivity index (χ0v) is 17.6. The van der Waals surface area contributed by atoms with E-state index >= 15 is 0 Å². The highest BCUT2D eigenvalue weighted by Crippen LogP contribution is 2.22. The van der Waals surface area contributed by atoms with Crippen LogP contribution in [0.2, 0.25) is 0 Å². The number of hydrazone groups is 1. The van der Waals surface area contributed by atoms with Crippen molar-refractivity contribution in [1.29, 1.82) is 0 Å². The molecular formula is C23H21N3O4S. The molecule has 0 aromatic heterocycles. The van der Waals surface area contributed by atoms with Crippen molar-refractivity contribution in [2.45, 2.75) is 17.7 Å². The van der Waals surface area contributed by atoms with Crippen molar-refractivity contribution in [3.63, 3.8) is 0 Å². The van der Waals surface area contributed by atoms with Crippen molar-refractivity contribution >= 4 is 27.3 Å². The number of methoxy groups -OCH3 is 1. The van der Waals surface area contributed by atoms with Crippen LogP contribution in [0.3, 0.4) is 0 Å². The first-order chi connectivity index (χ1) is 15.0. The Morgan fingerprint density at radius 3 is 2.52 bits per heavy atom. The summed E-state index contributed by atoms with van der Waals surface area (Å²) in [5, 5.41) is 4.26. The van der Waals surface area contributed by atoms with E-state index in [0.29, 0.717) is 11.4 Å². The lowest BCUT2D eigenvalue weighted by molar-refractivity contribution is 0.0954. The molecule has 3 aromatic rings. The molecule has 0 saturated carbocycles. The second-order valence-corrected chi connectivity index (χ2v) is 8.70. The Morgan fingerprint density at radius 2 is 1.74 bits per heavy atom. The van der Waals surface area contributed by atoms with Crippen LogP contribution in [0.15, 0.2) is 82.8 Å². The van der Waals surface area contributed by atoms with Gasteiger partial charge in [-0.05, 0) is 60.9 Å². The van der Waals surface area contributed by atoms with E-state index in [1.807, 2.05) is 24.3 Å². The Labute approximate surface area is 180 Å². The Morgan fingerprint density at radius 1 is 0.968 bits per heavy atom. The molecule has 2 N–H and O–H groups in total. The number of anilines is 1. The van der Waals surface area contributed by atoms with Crippen molar-refractivity contribution < 1.29 is 17.9 Å². The number of nitrogens with zero attached hydrogens (tertiary/aromatic N) is 1. The highest BCUT2D eigenvalue weighted by molar-refractivity contribution is 7.92. The molecule has 0 bridgehead atoms. The van der Waals surface area contributed by atoms with Gasteiger partial charge >= 0.3 is 0 Å². The van der Waals surface area contributed by atoms with E-state index in [1.165, 1.54) is 30.9 Å². The Hall–Kier alpha value is -3.65. The van der Waals surface area contributed by atoms with Gasteiger partial charge in [0.2, 0.25) is 0 Å². The van der Waals surface area contributed by atoms with E-state index in [4.69, 9.17) is 4.74 Å². The maximum Gasteiger partial charge on any atom is 0.271 e. The maximum atomic E-state index is 12.7. The van der Waals surface area contributed by atoms with Gasteiger partial charge in [-0.1, -0.05) is 30.3 Å². The van der Waals surface area contributed by atoms with Crippen LogP contribution in [0, 0.1) is 0 Å². The zero-order valence-electron chi connectivity index (χ0n) is 16.8. The van der Waals surface area contributed by atoms with Crippen LogP contribution in [-0.2, 0) is 16.4 Å². The number of hydrogen-bond acceptors (Lipinski definition) is 5. The van der Waals surface area contributed by atoms with Crippen LogP contribution in [0.5, 0.6) is 5.75 Å². The Kier molecular flexibility index (Phi) is 5.73. The van der Waals surface area contributed by atoms with Gasteiger partial charge in [0.1, 0.15) is 5.75 Å². The van der Waals surface area contributed by atoms with Gasteiger partial charge in [0.05, 0.1) is 17.7 Å². The molecule has 0 saturated heterocycles. The number of ether oxygens (including phenoxy) is 1. The summed E-state index contributed by atoms with van der Waals surface area (Å²) in [6, 6.07) is 20.3. The normalized spacial score (nSPS) is 14.2. The minimum atomic E-state index is -3.87. The molecule has 0 aliphatic heterocycles. The molecule has 0 atom stereocenters. The molecule has 1 aliphatic rings. The number of amides is 1. The molecule has 7 nitrogen and oxygen atoms in total. The van der Waals surface area contributed by atoms with Crippen molar-refractivity contribution in [2.24, 2.45) is 5.10 Å². The van der Waals surface area contributed by atoms with Gasteiger partial charge < -0.3 is 4.74 Å². The van der Waals surface area contributed by atoms with Crippen LogP contribution < -0.4 is 14.9 Å². The van der Waals surface area contributed by atoms with Crippen LogP contribution in [0.4, 0.5) is 5.69 Å². The van der Waals surface area contributed by atoms with Crippen LogP contribution >= 0.6 is 0 Å². The third kappa shape index (κ3) is 4.59. The second-order valence-electron chi connectivity index (χ2n) is 7.02. The molecule has 1 aliphatic carbocycles. The van der Waals surface area contributed by atoms with Gasteiger partial charge in [-0.2, -0.15) is 5.10 Å². The number of carbonyl (C=O) groups is 1. The zero-order chi connectivity index (χ0) is 21.8. The fourth-order valence-corrected chi connectivity index (χ4v) is 4.49. The third-order valence-corrected chi connectivity index (χ3v) is 6.38. The van der Waals surface area contributed by atoms with E-state index in [1.54, 1.807) is 30.3 Å². The summed E-state index contributed by atoms with van der Waals surface area (Å²) in [5.41, 5.74) is 6.18. The summed E-state index contributed by atoms with van der Waals surface area (Å²) in [7, 11) is -2.33. The first-order valence-electron chi connectivity index (χ1n) is 9.68. The van der Waals surface area contributed by atoms with E-state index in [0.717, 1.165) is 24.1 Å². The quantitative estimate of drug-likeness (QED) is 0.579. The monoisotopic (exact) mass is 435 g/mol. The fraction of sp³-hybridized carbons (Fsp3) is 0.130. The smallest absolute Gasteiger partial charge is 0.271 e. The third-order valence-electron chi connectivity index (χ3n) is 5.00. The summed E-state index contributed by atoms with van der Waals surface area (Å²) in [6.07, 6.45) is 1.63. The minimum absolute atomic E-state index is 0.0187. The van der Waals surface area contributed by atoms with Gasteiger partial charge in [-0.3, -0.25) is 9.52 Å². The highest BCUT2D eigenvalue weighted by atomic mass is 32.2. The van der Waals surface area contributed by atoms with Crippen molar-refractivity contribution in [2.75, 3.05) is 11.8 Å². The van der Waals surface area contributed by atoms with Gasteiger partial charge in [0.15, 0.2) is 0 Å².